The number of halogens is 3. The molecule has 0 spiro atoms. The zero-order valence-corrected chi connectivity index (χ0v) is 18.0. The van der Waals surface area contributed by atoms with Crippen LogP contribution in [0.1, 0.15) is 18.0 Å². The molecule has 2 heterocycles. The lowest BCUT2D eigenvalue weighted by Gasteiger charge is -2.40. The van der Waals surface area contributed by atoms with Gasteiger partial charge in [0.2, 0.25) is 0 Å². The monoisotopic (exact) mass is 444 g/mol. The molecule has 1 saturated heterocycles. The van der Waals surface area contributed by atoms with Gasteiger partial charge in [0.05, 0.1) is 0 Å². The summed E-state index contributed by atoms with van der Waals surface area (Å²) in [6.45, 7) is 4.68. The minimum atomic E-state index is -4.75. The minimum Gasteiger partial charge on any atom is -0.403 e. The largest absolute Gasteiger partial charge is 0.573 e. The van der Waals surface area contributed by atoms with Crippen LogP contribution in [0.4, 0.5) is 18.9 Å². The fraction of sp³-hybridized carbons (Fsp3) is 0.375. The van der Waals surface area contributed by atoms with E-state index in [0.29, 0.717) is 18.0 Å². The number of anilines is 1. The van der Waals surface area contributed by atoms with Crippen molar-refractivity contribution in [3.05, 3.63) is 66.4 Å². The van der Waals surface area contributed by atoms with Crippen LogP contribution in [-0.2, 0) is 0 Å². The smallest absolute Gasteiger partial charge is 0.403 e. The molecule has 1 aliphatic heterocycles. The van der Waals surface area contributed by atoms with Crippen molar-refractivity contribution in [3.8, 4) is 5.75 Å². The average molecular weight is 445 g/mol. The van der Waals surface area contributed by atoms with E-state index in [4.69, 9.17) is 0 Å². The Morgan fingerprint density at radius 2 is 1.88 bits per heavy atom. The maximum Gasteiger partial charge on any atom is 0.573 e. The lowest BCUT2D eigenvalue weighted by molar-refractivity contribution is -0.274. The maximum atomic E-state index is 12.7. The number of benzene rings is 2. The van der Waals surface area contributed by atoms with E-state index >= 15 is 0 Å². The topological polar surface area (TPSA) is 40.6 Å². The Balaban J connectivity index is 1.39. The first-order valence-electron chi connectivity index (χ1n) is 10.8. The van der Waals surface area contributed by atoms with Gasteiger partial charge in [-0.1, -0.05) is 42.5 Å². The van der Waals surface area contributed by atoms with Crippen LogP contribution in [0.5, 0.6) is 5.75 Å². The molecule has 4 rings (SSSR count). The molecule has 32 heavy (non-hydrogen) atoms. The molecule has 1 unspecified atom stereocenters. The molecule has 1 atom stereocenters. The summed E-state index contributed by atoms with van der Waals surface area (Å²) in [5.41, 5.74) is 2.27. The van der Waals surface area contributed by atoms with E-state index in [1.807, 2.05) is 6.07 Å². The first-order chi connectivity index (χ1) is 15.4. The average Bonchev–Trinajstić information content (AvgIpc) is 2.77. The number of alkyl halides is 3. The van der Waals surface area contributed by atoms with Gasteiger partial charge in [-0.3, -0.25) is 9.88 Å². The molecule has 2 aromatic carbocycles. The van der Waals surface area contributed by atoms with Gasteiger partial charge in [-0.05, 0) is 31.2 Å². The van der Waals surface area contributed by atoms with Crippen molar-refractivity contribution in [1.82, 2.24) is 14.8 Å². The van der Waals surface area contributed by atoms with Crippen LogP contribution in [0, 0.1) is 0 Å². The summed E-state index contributed by atoms with van der Waals surface area (Å²) in [5.74, 6) is -0.290. The van der Waals surface area contributed by atoms with Gasteiger partial charge in [-0.15, -0.1) is 13.2 Å². The SMILES string of the molecule is CN1CCN(CCCNc2ccnc3c(OC(F)(F)F)cccc23)C(c2ccccc2)C1. The Morgan fingerprint density at radius 1 is 1.06 bits per heavy atom. The maximum absolute atomic E-state index is 12.7. The van der Waals surface area contributed by atoms with Crippen LogP contribution in [0.25, 0.3) is 10.9 Å². The van der Waals surface area contributed by atoms with Gasteiger partial charge in [-0.25, -0.2) is 0 Å². The number of pyridine rings is 1. The quantitative estimate of drug-likeness (QED) is 0.524. The second-order valence-electron chi connectivity index (χ2n) is 8.06. The highest BCUT2D eigenvalue weighted by molar-refractivity contribution is 5.94. The number of hydrogen-bond acceptors (Lipinski definition) is 5. The summed E-state index contributed by atoms with van der Waals surface area (Å²) >= 11 is 0. The molecule has 170 valence electrons. The molecule has 0 amide bonds. The van der Waals surface area contributed by atoms with Gasteiger partial charge in [0.25, 0.3) is 0 Å². The highest BCUT2D eigenvalue weighted by atomic mass is 19.4. The van der Waals surface area contributed by atoms with Gasteiger partial charge in [0.15, 0.2) is 5.75 Å². The second kappa shape index (κ2) is 9.75. The van der Waals surface area contributed by atoms with Gasteiger partial charge in [0.1, 0.15) is 5.52 Å². The number of hydrogen-bond donors (Lipinski definition) is 1. The Kier molecular flexibility index (Phi) is 6.81. The number of likely N-dealkylation sites (N-methyl/N-ethyl adjacent to an activating group) is 1. The zero-order valence-electron chi connectivity index (χ0n) is 18.0. The third-order valence-corrected chi connectivity index (χ3v) is 5.78. The first kappa shape index (κ1) is 22.4. The molecule has 0 radical (unpaired) electrons. The second-order valence-corrected chi connectivity index (χ2v) is 8.06. The summed E-state index contributed by atoms with van der Waals surface area (Å²) in [6.07, 6.45) is -2.34. The molecule has 0 saturated carbocycles. The van der Waals surface area contributed by atoms with Crippen LogP contribution in [-0.4, -0.2) is 60.9 Å². The van der Waals surface area contributed by atoms with E-state index in [9.17, 15) is 13.2 Å². The number of aromatic nitrogens is 1. The van der Waals surface area contributed by atoms with Crippen molar-refractivity contribution in [2.24, 2.45) is 0 Å². The lowest BCUT2D eigenvalue weighted by atomic mass is 10.0. The summed E-state index contributed by atoms with van der Waals surface area (Å²) in [6, 6.07) is 17.3. The predicted molar refractivity (Wildman–Crippen MR) is 120 cm³/mol. The van der Waals surface area contributed by atoms with Gasteiger partial charge in [0, 0.05) is 56.0 Å². The van der Waals surface area contributed by atoms with Crippen molar-refractivity contribution in [1.29, 1.82) is 0 Å². The number of nitrogens with one attached hydrogen (secondary N) is 1. The number of ether oxygens (including phenoxy) is 1. The highest BCUT2D eigenvalue weighted by Gasteiger charge is 2.32. The van der Waals surface area contributed by atoms with E-state index in [1.54, 1.807) is 18.2 Å². The van der Waals surface area contributed by atoms with E-state index < -0.39 is 6.36 Å². The molecular formula is C24H27F3N4O. The first-order valence-corrected chi connectivity index (χ1v) is 10.8. The van der Waals surface area contributed by atoms with Gasteiger partial charge in [-0.2, -0.15) is 0 Å². The van der Waals surface area contributed by atoms with Crippen LogP contribution >= 0.6 is 0 Å². The fourth-order valence-corrected chi connectivity index (χ4v) is 4.23. The van der Waals surface area contributed by atoms with E-state index in [0.717, 1.165) is 38.3 Å². The van der Waals surface area contributed by atoms with Crippen molar-refractivity contribution in [3.63, 3.8) is 0 Å². The Hall–Kier alpha value is -2.84. The van der Waals surface area contributed by atoms with E-state index in [2.05, 4.69) is 56.2 Å². The molecule has 1 aliphatic rings. The summed E-state index contributed by atoms with van der Waals surface area (Å²) in [5, 5.41) is 3.97. The minimum absolute atomic E-state index is 0.193. The number of fused-ring (bicyclic) bond motifs is 1. The summed E-state index contributed by atoms with van der Waals surface area (Å²) < 4.78 is 42.2. The molecule has 5 nitrogen and oxygen atoms in total. The van der Waals surface area contributed by atoms with Crippen LogP contribution in [0.15, 0.2) is 60.8 Å². The highest BCUT2D eigenvalue weighted by Crippen LogP contribution is 2.32. The molecule has 3 aromatic rings. The van der Waals surface area contributed by atoms with E-state index in [1.165, 1.54) is 17.8 Å². The standard InChI is InChI=1S/C24H27F3N4O/c1-30-15-16-31(21(17-30)18-7-3-2-4-8-18)14-6-12-28-20-11-13-29-23-19(20)9-5-10-22(23)32-24(25,26)27/h2-5,7-11,13,21H,6,12,14-17H2,1H3,(H,28,29). The predicted octanol–water partition coefficient (Wildman–Crippen LogP) is 4.92. The van der Waals surface area contributed by atoms with Gasteiger partial charge < -0.3 is 15.0 Å². The zero-order chi connectivity index (χ0) is 22.6. The normalized spacial score (nSPS) is 18.1. The Bertz CT molecular complexity index is 1030. The molecular weight excluding hydrogens is 417 g/mol. The number of piperazine rings is 1. The van der Waals surface area contributed by atoms with Crippen molar-refractivity contribution >= 4 is 16.6 Å². The van der Waals surface area contributed by atoms with E-state index in [-0.39, 0.29) is 11.3 Å². The Labute approximate surface area is 185 Å². The number of rotatable bonds is 7. The molecule has 0 bridgehead atoms. The fourth-order valence-electron chi connectivity index (χ4n) is 4.23. The molecule has 1 fully saturated rings. The molecule has 8 heteroatoms. The molecule has 1 N–H and O–H groups in total. The molecule has 0 aliphatic carbocycles. The third-order valence-electron chi connectivity index (χ3n) is 5.78. The van der Waals surface area contributed by atoms with Crippen molar-refractivity contribution < 1.29 is 17.9 Å². The Morgan fingerprint density at radius 3 is 2.66 bits per heavy atom. The lowest BCUT2D eigenvalue weighted by Crippen LogP contribution is -2.47. The van der Waals surface area contributed by atoms with Crippen LogP contribution < -0.4 is 10.1 Å². The van der Waals surface area contributed by atoms with Crippen molar-refractivity contribution in [2.75, 3.05) is 45.1 Å². The van der Waals surface area contributed by atoms with Crippen LogP contribution in [0.3, 0.4) is 0 Å². The van der Waals surface area contributed by atoms with Crippen molar-refractivity contribution in [2.45, 2.75) is 18.8 Å². The third kappa shape index (κ3) is 5.49. The summed E-state index contributed by atoms with van der Waals surface area (Å²) in [4.78, 5) is 8.97. The number of nitrogens with zero attached hydrogens (tertiary/aromatic N) is 3. The van der Waals surface area contributed by atoms with Crippen LogP contribution in [0.2, 0.25) is 0 Å². The molecule has 1 aromatic heterocycles. The summed E-state index contributed by atoms with van der Waals surface area (Å²) in [7, 11) is 2.15. The van der Waals surface area contributed by atoms with Gasteiger partial charge >= 0.3 is 6.36 Å². The number of para-hydroxylation sites is 1.